The van der Waals surface area contributed by atoms with Gasteiger partial charge in [0.05, 0.1) is 0 Å². The Morgan fingerprint density at radius 1 is 0.500 bits per heavy atom. The molecule has 6 rings (SSSR count). The molecule has 0 saturated carbocycles. The number of phenols is 1. The van der Waals surface area contributed by atoms with E-state index < -0.39 is 17.2 Å². The van der Waals surface area contributed by atoms with Gasteiger partial charge in [-0.1, -0.05) is 48.6 Å². The van der Waals surface area contributed by atoms with E-state index in [9.17, 15) is 19.5 Å². The molecule has 0 amide bonds. The molecular formula is C54H54O8. The Labute approximate surface area is 365 Å². The lowest BCUT2D eigenvalue weighted by atomic mass is 10.0. The molecule has 8 heteroatoms. The molecule has 318 valence electrons. The van der Waals surface area contributed by atoms with Gasteiger partial charge < -0.3 is 24.1 Å². The monoisotopic (exact) mass is 830 g/mol. The van der Waals surface area contributed by atoms with Crippen LogP contribution in [0.2, 0.25) is 0 Å². The number of aryl methyl sites for hydroxylation is 4. The first-order chi connectivity index (χ1) is 29.4. The van der Waals surface area contributed by atoms with Crippen molar-refractivity contribution in [3.8, 4) is 34.5 Å². The number of phenolic OH excluding ortho intramolecular Hbond substituents is 1. The number of para-hydroxylation sites is 2. The van der Waals surface area contributed by atoms with E-state index in [4.69, 9.17) is 18.9 Å². The van der Waals surface area contributed by atoms with Crippen LogP contribution in [0.15, 0.2) is 146 Å². The normalized spacial score (nSPS) is 11.4. The molecule has 6 aromatic carbocycles. The van der Waals surface area contributed by atoms with Gasteiger partial charge in [0.1, 0.15) is 40.1 Å². The number of carbonyl (C=O) groups excluding carboxylic acids is 3. The fourth-order valence-corrected chi connectivity index (χ4v) is 6.18. The summed E-state index contributed by atoms with van der Waals surface area (Å²) >= 11 is 0. The van der Waals surface area contributed by atoms with Crippen LogP contribution in [0.4, 0.5) is 0 Å². The summed E-state index contributed by atoms with van der Waals surface area (Å²) in [5.41, 5.74) is 4.47. The van der Waals surface area contributed by atoms with Crippen molar-refractivity contribution >= 4 is 29.7 Å². The molecule has 0 aromatic heterocycles. The van der Waals surface area contributed by atoms with Crippen LogP contribution in [0, 0.1) is 27.7 Å². The molecule has 0 fully saturated rings. The van der Waals surface area contributed by atoms with Gasteiger partial charge >= 0.3 is 5.97 Å². The summed E-state index contributed by atoms with van der Waals surface area (Å²) < 4.78 is 23.1. The molecular weight excluding hydrogens is 777 g/mol. The van der Waals surface area contributed by atoms with E-state index in [0.29, 0.717) is 34.1 Å². The van der Waals surface area contributed by atoms with Crippen LogP contribution in [0.3, 0.4) is 0 Å². The number of aromatic hydroxyl groups is 1. The third kappa shape index (κ3) is 13.4. The van der Waals surface area contributed by atoms with Gasteiger partial charge in [-0.05, 0) is 205 Å². The van der Waals surface area contributed by atoms with Crippen molar-refractivity contribution in [2.75, 3.05) is 0 Å². The number of hydrogen-bond donors (Lipinski definition) is 1. The highest BCUT2D eigenvalue weighted by Gasteiger charge is 2.35. The topological polar surface area (TPSA) is 108 Å². The van der Waals surface area contributed by atoms with Crippen LogP contribution in [-0.4, -0.2) is 33.8 Å². The first kappa shape index (κ1) is 45.9. The van der Waals surface area contributed by atoms with E-state index in [2.05, 4.69) is 0 Å². The molecule has 6 aromatic rings. The lowest BCUT2D eigenvalue weighted by molar-refractivity contribution is -0.171. The Morgan fingerprint density at radius 3 is 1.23 bits per heavy atom. The minimum atomic E-state index is -1.15. The van der Waals surface area contributed by atoms with Crippen LogP contribution in [-0.2, 0) is 9.53 Å². The maximum absolute atomic E-state index is 12.7. The van der Waals surface area contributed by atoms with Gasteiger partial charge in [0.25, 0.3) is 0 Å². The first-order valence-corrected chi connectivity index (χ1v) is 20.3. The van der Waals surface area contributed by atoms with Crippen LogP contribution in [0.1, 0.15) is 88.7 Å². The Hall–Kier alpha value is -7.19. The zero-order valence-corrected chi connectivity index (χ0v) is 36.8. The second-order valence-corrected chi connectivity index (χ2v) is 16.4. The van der Waals surface area contributed by atoms with E-state index >= 15 is 0 Å². The van der Waals surface area contributed by atoms with Crippen molar-refractivity contribution in [2.45, 2.75) is 73.5 Å². The third-order valence-corrected chi connectivity index (χ3v) is 9.33. The van der Waals surface area contributed by atoms with Gasteiger partial charge in [-0.25, -0.2) is 4.79 Å². The van der Waals surface area contributed by atoms with Crippen molar-refractivity contribution in [3.63, 3.8) is 0 Å². The molecule has 0 heterocycles. The number of carbonyl (C=O) groups is 3. The highest BCUT2D eigenvalue weighted by molar-refractivity contribution is 6.07. The molecule has 0 aliphatic heterocycles. The second kappa shape index (κ2) is 20.4. The third-order valence-electron chi connectivity index (χ3n) is 9.33. The fourth-order valence-electron chi connectivity index (χ4n) is 6.18. The predicted octanol–water partition coefficient (Wildman–Crippen LogP) is 13.2. The number of ketones is 2. The summed E-state index contributed by atoms with van der Waals surface area (Å²) in [5, 5.41) is 9.81. The molecule has 8 nitrogen and oxygen atoms in total. The van der Waals surface area contributed by atoms with Crippen molar-refractivity contribution in [1.29, 1.82) is 0 Å². The average molecular weight is 831 g/mol. The number of allylic oxidation sites excluding steroid dienone is 2. The number of hydrogen-bond acceptors (Lipinski definition) is 8. The summed E-state index contributed by atoms with van der Waals surface area (Å²) in [7, 11) is 0. The molecule has 0 aliphatic carbocycles. The van der Waals surface area contributed by atoms with Crippen molar-refractivity contribution < 1.29 is 38.4 Å². The number of esters is 1. The Bertz CT molecular complexity index is 2500. The second-order valence-electron chi connectivity index (χ2n) is 16.4. The van der Waals surface area contributed by atoms with Gasteiger partial charge in [0.2, 0.25) is 0 Å². The molecule has 0 spiro atoms. The van der Waals surface area contributed by atoms with E-state index in [0.717, 1.165) is 44.9 Å². The smallest absolute Gasteiger partial charge is 0.350 e. The molecule has 1 N–H and O–H groups in total. The zero-order chi connectivity index (χ0) is 45.0. The standard InChI is InChI=1S/C31H34O5.C23H20O3/c1-21-19-23(20-22(2)28(21)35-31(6,7)29(33)36-30(3,4)5)13-18-27(32)24-14-16-26(17-15-24)34-25-11-9-8-10-12-25;1-16-14-18(15-17(2)23(16)25)8-13-22(24)19-9-11-21(12-10-19)26-20-6-4-3-5-7-20/h8-20H,1-7H3;3-15,25H,1-2H3/b18-13+;13-8+. The maximum atomic E-state index is 12.7. The van der Waals surface area contributed by atoms with Gasteiger partial charge in [0.15, 0.2) is 17.2 Å². The van der Waals surface area contributed by atoms with E-state index in [-0.39, 0.29) is 11.6 Å². The Balaban J connectivity index is 0.000000246. The predicted molar refractivity (Wildman–Crippen MR) is 247 cm³/mol. The highest BCUT2D eigenvalue weighted by atomic mass is 16.6. The van der Waals surface area contributed by atoms with Crippen LogP contribution in [0.5, 0.6) is 34.5 Å². The van der Waals surface area contributed by atoms with Crippen molar-refractivity contribution in [1.82, 2.24) is 0 Å². The summed E-state index contributed by atoms with van der Waals surface area (Å²) in [6, 6.07) is 40.6. The van der Waals surface area contributed by atoms with E-state index in [1.165, 1.54) is 0 Å². The lowest BCUT2D eigenvalue weighted by Gasteiger charge is -2.30. The van der Waals surface area contributed by atoms with Gasteiger partial charge in [-0.15, -0.1) is 0 Å². The summed E-state index contributed by atoms with van der Waals surface area (Å²) in [6.07, 6.45) is 6.63. The van der Waals surface area contributed by atoms with Gasteiger partial charge in [0, 0.05) is 11.1 Å². The van der Waals surface area contributed by atoms with Crippen LogP contribution in [0.25, 0.3) is 12.2 Å². The van der Waals surface area contributed by atoms with Gasteiger partial charge in [-0.3, -0.25) is 9.59 Å². The number of rotatable bonds is 13. The molecule has 0 aliphatic rings. The van der Waals surface area contributed by atoms with Gasteiger partial charge in [-0.2, -0.15) is 0 Å². The molecule has 0 bridgehead atoms. The quantitative estimate of drug-likeness (QED) is 0.0696. The van der Waals surface area contributed by atoms with Crippen molar-refractivity contribution in [3.05, 3.63) is 190 Å². The summed E-state index contributed by atoms with van der Waals surface area (Å²) in [6.45, 7) is 16.4. The average Bonchev–Trinajstić information content (AvgIpc) is 3.23. The molecule has 0 unspecified atom stereocenters. The largest absolute Gasteiger partial charge is 0.507 e. The number of ether oxygens (including phenoxy) is 4. The fraction of sp³-hybridized carbons (Fsp3) is 0.204. The SMILES string of the molecule is Cc1cc(/C=C/C(=O)c2ccc(Oc3ccccc3)cc2)cc(C)c1O.Cc1cc(/C=C/C(=O)c2ccc(Oc3ccccc3)cc2)cc(C)c1OC(C)(C)C(=O)OC(C)(C)C. The molecule has 0 radical (unpaired) electrons. The minimum Gasteiger partial charge on any atom is -0.507 e. The Morgan fingerprint density at radius 2 is 0.855 bits per heavy atom. The summed E-state index contributed by atoms with van der Waals surface area (Å²) in [5.74, 6) is 3.14. The van der Waals surface area contributed by atoms with Crippen LogP contribution < -0.4 is 14.2 Å². The zero-order valence-electron chi connectivity index (χ0n) is 36.8. The Kier molecular flexibility index (Phi) is 15.1. The minimum absolute atomic E-state index is 0.0837. The summed E-state index contributed by atoms with van der Waals surface area (Å²) in [4.78, 5) is 37.6. The molecule has 62 heavy (non-hydrogen) atoms. The molecule has 0 saturated heterocycles. The van der Waals surface area contributed by atoms with Crippen LogP contribution >= 0.6 is 0 Å². The lowest BCUT2D eigenvalue weighted by Crippen LogP contribution is -2.43. The van der Waals surface area contributed by atoms with Crippen molar-refractivity contribution in [2.24, 2.45) is 0 Å². The van der Waals surface area contributed by atoms with E-state index in [1.807, 2.05) is 133 Å². The molecule has 0 atom stereocenters. The first-order valence-electron chi connectivity index (χ1n) is 20.3. The van der Waals surface area contributed by atoms with E-state index in [1.54, 1.807) is 86.7 Å². The maximum Gasteiger partial charge on any atom is 0.350 e. The number of benzene rings is 6. The highest BCUT2D eigenvalue weighted by Crippen LogP contribution is 2.31.